The molecule has 0 spiro atoms. The molecular weight excluding hydrogens is 658 g/mol. The number of hydrogen-bond donors (Lipinski definition) is 4. The molecule has 1 atom stereocenters. The molecule has 0 aliphatic heterocycles. The van der Waals surface area contributed by atoms with Gasteiger partial charge >= 0.3 is 6.09 Å². The summed E-state index contributed by atoms with van der Waals surface area (Å²) in [6.07, 6.45) is 5.27. The molecule has 1 aromatic heterocycles. The van der Waals surface area contributed by atoms with Gasteiger partial charge in [-0.15, -0.1) is 10.2 Å². The molecular formula is C40H47N7O5. The Bertz CT molecular complexity index is 1820. The molecule has 0 saturated heterocycles. The first-order valence-corrected chi connectivity index (χ1v) is 18.1. The van der Waals surface area contributed by atoms with Crippen LogP contribution in [0, 0.1) is 17.8 Å². The summed E-state index contributed by atoms with van der Waals surface area (Å²) in [5.74, 6) is -0.149. The fourth-order valence-corrected chi connectivity index (χ4v) is 6.56. The molecule has 3 aromatic carbocycles. The minimum atomic E-state index is -0.578. The Balaban J connectivity index is 1.09. The smallest absolute Gasteiger partial charge is 0.407 e. The number of rotatable bonds is 13. The van der Waals surface area contributed by atoms with E-state index in [1.54, 1.807) is 12.1 Å². The van der Waals surface area contributed by atoms with Gasteiger partial charge in [-0.25, -0.2) is 4.79 Å². The van der Waals surface area contributed by atoms with Crippen LogP contribution < -0.4 is 16.0 Å². The number of ketones is 1. The second-order valence-electron chi connectivity index (χ2n) is 15.0. The lowest BCUT2D eigenvalue weighted by atomic mass is 9.77. The van der Waals surface area contributed by atoms with Crippen molar-refractivity contribution < 1.29 is 23.9 Å². The Labute approximate surface area is 303 Å². The van der Waals surface area contributed by atoms with E-state index in [0.717, 1.165) is 60.8 Å². The summed E-state index contributed by atoms with van der Waals surface area (Å²) in [4.78, 5) is 52.1. The van der Waals surface area contributed by atoms with Crippen LogP contribution in [0.5, 0.6) is 0 Å². The van der Waals surface area contributed by atoms with Gasteiger partial charge in [0.15, 0.2) is 0 Å². The molecule has 272 valence electrons. The van der Waals surface area contributed by atoms with Crippen molar-refractivity contribution in [1.82, 2.24) is 31.3 Å². The van der Waals surface area contributed by atoms with Crippen molar-refractivity contribution in [2.45, 2.75) is 83.8 Å². The van der Waals surface area contributed by atoms with E-state index in [4.69, 9.17) is 4.74 Å². The number of H-pyrrole nitrogens is 1. The molecule has 1 heterocycles. The standard InChI is InChI=1S/C40H47N7O5/c1-40(2,3)52-39(51)41-24-26-6-10-29(11-7-26)35(48)23-32(38(50)43-33-18-16-30(17-19-33)36-44-46-47-45-36)22-25-4-8-27(9-5-25)28-12-14-31(15-13-28)37(49)42-34-20-21-34/h4-5,8-9,12-19,26,29,32,34H,6-7,10-11,20-24H2,1-3H3,(H,41,51)(H,42,49)(H,43,50)(H,44,45,46,47). The van der Waals surface area contributed by atoms with Crippen molar-refractivity contribution in [3.05, 3.63) is 83.9 Å². The van der Waals surface area contributed by atoms with Gasteiger partial charge in [0, 0.05) is 47.7 Å². The average molecular weight is 706 g/mol. The predicted octanol–water partition coefficient (Wildman–Crippen LogP) is 6.51. The van der Waals surface area contributed by atoms with Crippen LogP contribution in [0.15, 0.2) is 72.8 Å². The van der Waals surface area contributed by atoms with E-state index >= 15 is 0 Å². The summed E-state index contributed by atoms with van der Waals surface area (Å²) in [5, 5.41) is 22.9. The summed E-state index contributed by atoms with van der Waals surface area (Å²) >= 11 is 0. The lowest BCUT2D eigenvalue weighted by molar-refractivity contribution is -0.129. The van der Waals surface area contributed by atoms with E-state index in [2.05, 4.69) is 36.6 Å². The van der Waals surface area contributed by atoms with E-state index in [-0.39, 0.29) is 35.9 Å². The maximum atomic E-state index is 13.8. The van der Waals surface area contributed by atoms with Gasteiger partial charge in [0.25, 0.3) is 5.91 Å². The molecule has 2 saturated carbocycles. The van der Waals surface area contributed by atoms with Gasteiger partial charge < -0.3 is 20.7 Å². The molecule has 4 aromatic rings. The highest BCUT2D eigenvalue weighted by atomic mass is 16.6. The molecule has 0 radical (unpaired) electrons. The van der Waals surface area contributed by atoms with Crippen LogP contribution in [0.2, 0.25) is 0 Å². The lowest BCUT2D eigenvalue weighted by Gasteiger charge is -2.29. The summed E-state index contributed by atoms with van der Waals surface area (Å²) in [6, 6.07) is 23.1. The number of tetrazole rings is 1. The molecule has 52 heavy (non-hydrogen) atoms. The Hall–Kier alpha value is -5.39. The lowest BCUT2D eigenvalue weighted by Crippen LogP contribution is -2.37. The Morgan fingerprint density at radius 3 is 2.06 bits per heavy atom. The summed E-state index contributed by atoms with van der Waals surface area (Å²) in [5.41, 5.74) is 4.38. The summed E-state index contributed by atoms with van der Waals surface area (Å²) in [7, 11) is 0. The summed E-state index contributed by atoms with van der Waals surface area (Å²) in [6.45, 7) is 6.01. The molecule has 12 nitrogen and oxygen atoms in total. The molecule has 1 unspecified atom stereocenters. The molecule has 2 aliphatic rings. The number of nitrogens with zero attached hydrogens (tertiary/aromatic N) is 3. The molecule has 2 fully saturated rings. The van der Waals surface area contributed by atoms with Crippen LogP contribution in [0.4, 0.5) is 10.5 Å². The number of Topliss-reactive ketones (excluding diaryl/α,β-unsaturated/α-hetero) is 1. The summed E-state index contributed by atoms with van der Waals surface area (Å²) < 4.78 is 5.36. The van der Waals surface area contributed by atoms with Crippen LogP contribution in [0.25, 0.3) is 22.5 Å². The van der Waals surface area contributed by atoms with E-state index in [9.17, 15) is 19.2 Å². The number of aromatic amines is 1. The van der Waals surface area contributed by atoms with Crippen molar-refractivity contribution in [2.24, 2.45) is 17.8 Å². The zero-order valence-electron chi connectivity index (χ0n) is 30.0. The Morgan fingerprint density at radius 1 is 0.827 bits per heavy atom. The SMILES string of the molecule is CC(C)(C)OC(=O)NCC1CCC(C(=O)CC(Cc2ccc(-c3ccc(C(=O)NC4CC4)cc3)cc2)C(=O)Nc2ccc(-c3nn[nH]n3)cc2)CC1. The fraction of sp³-hybridized carbons (Fsp3) is 0.425. The van der Waals surface area contributed by atoms with Gasteiger partial charge in [-0.05, 0) is 130 Å². The molecule has 2 aliphatic carbocycles. The molecule has 6 rings (SSSR count). The maximum Gasteiger partial charge on any atom is 0.407 e. The van der Waals surface area contributed by atoms with E-state index < -0.39 is 17.6 Å². The second kappa shape index (κ2) is 16.3. The molecule has 0 bridgehead atoms. The maximum absolute atomic E-state index is 13.8. The third kappa shape index (κ3) is 10.3. The van der Waals surface area contributed by atoms with Gasteiger partial charge in [-0.3, -0.25) is 14.4 Å². The molecule has 3 amide bonds. The highest BCUT2D eigenvalue weighted by molar-refractivity contribution is 5.96. The first-order chi connectivity index (χ1) is 25.0. The number of benzene rings is 3. The van der Waals surface area contributed by atoms with E-state index in [1.807, 2.05) is 81.4 Å². The Morgan fingerprint density at radius 2 is 1.46 bits per heavy atom. The van der Waals surface area contributed by atoms with Gasteiger partial charge in [0.1, 0.15) is 11.4 Å². The fourth-order valence-electron chi connectivity index (χ4n) is 6.56. The van der Waals surface area contributed by atoms with Gasteiger partial charge in [-0.1, -0.05) is 36.4 Å². The van der Waals surface area contributed by atoms with E-state index in [0.29, 0.717) is 36.1 Å². The average Bonchev–Trinajstić information content (AvgIpc) is 3.78. The zero-order chi connectivity index (χ0) is 36.7. The minimum Gasteiger partial charge on any atom is -0.444 e. The number of hydrogen-bond acceptors (Lipinski definition) is 8. The van der Waals surface area contributed by atoms with Crippen molar-refractivity contribution >= 4 is 29.4 Å². The van der Waals surface area contributed by atoms with Crippen LogP contribution in [0.3, 0.4) is 0 Å². The zero-order valence-corrected chi connectivity index (χ0v) is 30.0. The van der Waals surface area contributed by atoms with Crippen LogP contribution in [0.1, 0.15) is 81.6 Å². The largest absolute Gasteiger partial charge is 0.444 e. The Kier molecular flexibility index (Phi) is 11.4. The van der Waals surface area contributed by atoms with Gasteiger partial charge in [-0.2, -0.15) is 5.21 Å². The number of carbonyl (C=O) groups is 4. The quantitative estimate of drug-likeness (QED) is 0.122. The number of aromatic nitrogens is 4. The van der Waals surface area contributed by atoms with Crippen molar-refractivity contribution in [1.29, 1.82) is 0 Å². The third-order valence-corrected chi connectivity index (χ3v) is 9.64. The number of amides is 3. The van der Waals surface area contributed by atoms with Gasteiger partial charge in [0.05, 0.1) is 0 Å². The molecule has 4 N–H and O–H groups in total. The number of alkyl carbamates (subject to hydrolysis) is 1. The number of anilines is 1. The van der Waals surface area contributed by atoms with Crippen molar-refractivity contribution in [3.63, 3.8) is 0 Å². The highest BCUT2D eigenvalue weighted by Crippen LogP contribution is 2.32. The second-order valence-corrected chi connectivity index (χ2v) is 15.0. The normalized spacial score (nSPS) is 17.8. The first-order valence-electron chi connectivity index (χ1n) is 18.1. The van der Waals surface area contributed by atoms with Crippen LogP contribution in [-0.4, -0.2) is 62.5 Å². The number of nitrogens with one attached hydrogen (secondary N) is 4. The topological polar surface area (TPSA) is 168 Å². The highest BCUT2D eigenvalue weighted by Gasteiger charge is 2.31. The predicted molar refractivity (Wildman–Crippen MR) is 197 cm³/mol. The minimum absolute atomic E-state index is 0.0468. The third-order valence-electron chi connectivity index (χ3n) is 9.64. The van der Waals surface area contributed by atoms with Gasteiger partial charge in [0.2, 0.25) is 11.7 Å². The monoisotopic (exact) mass is 705 g/mol. The molecule has 12 heteroatoms. The first kappa shape index (κ1) is 36.4. The van der Waals surface area contributed by atoms with Crippen molar-refractivity contribution in [3.8, 4) is 22.5 Å². The van der Waals surface area contributed by atoms with E-state index in [1.165, 1.54) is 0 Å². The number of carbonyl (C=O) groups excluding carboxylic acids is 4. The number of ether oxygens (including phenoxy) is 1. The van der Waals surface area contributed by atoms with Crippen LogP contribution >= 0.6 is 0 Å². The van der Waals surface area contributed by atoms with Crippen LogP contribution in [-0.2, 0) is 20.7 Å². The van der Waals surface area contributed by atoms with Crippen molar-refractivity contribution in [2.75, 3.05) is 11.9 Å².